The van der Waals surface area contributed by atoms with Crippen LogP contribution in [0.25, 0.3) is 0 Å². The highest BCUT2D eigenvalue weighted by atomic mass is 79.9. The molecule has 0 fully saturated rings. The average molecular weight is 443 g/mol. The van der Waals surface area contributed by atoms with Crippen LogP contribution in [-0.2, 0) is 0 Å². The highest BCUT2D eigenvalue weighted by molar-refractivity contribution is 9.10. The Kier molecular flexibility index (Phi) is 6.06. The molecule has 0 aliphatic carbocycles. The third-order valence-corrected chi connectivity index (χ3v) is 4.52. The molecule has 0 spiro atoms. The van der Waals surface area contributed by atoms with Crippen molar-refractivity contribution in [2.75, 3.05) is 17.7 Å². The van der Waals surface area contributed by atoms with E-state index in [1.807, 2.05) is 0 Å². The lowest BCUT2D eigenvalue weighted by Crippen LogP contribution is -2.14. The molecule has 28 heavy (non-hydrogen) atoms. The first-order valence-electron chi connectivity index (χ1n) is 8.28. The summed E-state index contributed by atoms with van der Waals surface area (Å²) in [6, 6.07) is 17.0. The molecular weight excluding hydrogens is 427 g/mol. The largest absolute Gasteiger partial charge is 0.496 e. The van der Waals surface area contributed by atoms with Crippen molar-refractivity contribution in [2.24, 2.45) is 0 Å². The molecule has 5 nitrogen and oxygen atoms in total. The lowest BCUT2D eigenvalue weighted by Gasteiger charge is -2.10. The molecule has 3 aromatic carbocycles. The zero-order valence-electron chi connectivity index (χ0n) is 14.8. The Morgan fingerprint density at radius 1 is 0.857 bits per heavy atom. The second-order valence-corrected chi connectivity index (χ2v) is 6.70. The van der Waals surface area contributed by atoms with Crippen LogP contribution in [0.3, 0.4) is 0 Å². The SMILES string of the molecule is COc1ccc(C(=O)Nc2cccc(NC(=O)c3ccc(F)cc3)c2)cc1Br. The zero-order chi connectivity index (χ0) is 20.1. The van der Waals surface area contributed by atoms with Gasteiger partial charge in [-0.25, -0.2) is 4.39 Å². The zero-order valence-corrected chi connectivity index (χ0v) is 16.4. The summed E-state index contributed by atoms with van der Waals surface area (Å²) in [6.45, 7) is 0. The van der Waals surface area contributed by atoms with Crippen molar-refractivity contribution in [1.82, 2.24) is 0 Å². The number of benzene rings is 3. The second kappa shape index (κ2) is 8.67. The van der Waals surface area contributed by atoms with Gasteiger partial charge in [0.15, 0.2) is 0 Å². The van der Waals surface area contributed by atoms with E-state index in [9.17, 15) is 14.0 Å². The molecule has 7 heteroatoms. The Morgan fingerprint density at radius 3 is 2.00 bits per heavy atom. The lowest BCUT2D eigenvalue weighted by atomic mass is 10.2. The maximum Gasteiger partial charge on any atom is 0.255 e. The van der Waals surface area contributed by atoms with Crippen molar-refractivity contribution >= 4 is 39.1 Å². The summed E-state index contributed by atoms with van der Waals surface area (Å²) < 4.78 is 18.8. The lowest BCUT2D eigenvalue weighted by molar-refractivity contribution is 0.101. The van der Waals surface area contributed by atoms with E-state index in [4.69, 9.17) is 4.74 Å². The van der Waals surface area contributed by atoms with Gasteiger partial charge in [0.05, 0.1) is 11.6 Å². The smallest absolute Gasteiger partial charge is 0.255 e. The fourth-order valence-corrected chi connectivity index (χ4v) is 3.03. The van der Waals surface area contributed by atoms with Gasteiger partial charge in [-0.15, -0.1) is 0 Å². The van der Waals surface area contributed by atoms with E-state index in [0.29, 0.717) is 32.7 Å². The Morgan fingerprint density at radius 2 is 1.43 bits per heavy atom. The number of hydrogen-bond donors (Lipinski definition) is 2. The van der Waals surface area contributed by atoms with Gasteiger partial charge in [-0.1, -0.05) is 6.07 Å². The summed E-state index contributed by atoms with van der Waals surface area (Å²) in [5, 5.41) is 5.50. The van der Waals surface area contributed by atoms with E-state index in [1.54, 1.807) is 49.6 Å². The fraction of sp³-hybridized carbons (Fsp3) is 0.0476. The van der Waals surface area contributed by atoms with Crippen molar-refractivity contribution in [3.05, 3.63) is 88.1 Å². The van der Waals surface area contributed by atoms with E-state index in [0.717, 1.165) is 0 Å². The first-order valence-corrected chi connectivity index (χ1v) is 9.07. The quantitative estimate of drug-likeness (QED) is 0.577. The predicted molar refractivity (Wildman–Crippen MR) is 109 cm³/mol. The van der Waals surface area contributed by atoms with E-state index >= 15 is 0 Å². The summed E-state index contributed by atoms with van der Waals surface area (Å²) >= 11 is 3.35. The van der Waals surface area contributed by atoms with Gasteiger partial charge < -0.3 is 15.4 Å². The van der Waals surface area contributed by atoms with E-state index in [-0.39, 0.29) is 11.8 Å². The van der Waals surface area contributed by atoms with Gasteiger partial charge in [-0.05, 0) is 76.6 Å². The maximum atomic E-state index is 13.0. The standard InChI is InChI=1S/C21H16BrFN2O3/c1-28-19-10-7-14(11-18(19)22)21(27)25-17-4-2-3-16(12-17)24-20(26)13-5-8-15(23)9-6-13/h2-12H,1H3,(H,24,26)(H,25,27). The van der Waals surface area contributed by atoms with Crippen LogP contribution < -0.4 is 15.4 Å². The Hall–Kier alpha value is -3.19. The van der Waals surface area contributed by atoms with E-state index < -0.39 is 5.82 Å². The summed E-state index contributed by atoms with van der Waals surface area (Å²) in [5.74, 6) is -0.457. The Labute approximate surface area is 169 Å². The first kappa shape index (κ1) is 19.6. The van der Waals surface area contributed by atoms with Crippen LogP contribution in [-0.4, -0.2) is 18.9 Å². The molecule has 0 bridgehead atoms. The Balaban J connectivity index is 1.70. The van der Waals surface area contributed by atoms with Crippen LogP contribution in [0.4, 0.5) is 15.8 Å². The number of halogens is 2. The van der Waals surface area contributed by atoms with Gasteiger partial charge >= 0.3 is 0 Å². The number of carbonyl (C=O) groups is 2. The van der Waals surface area contributed by atoms with Crippen molar-refractivity contribution < 1.29 is 18.7 Å². The molecule has 0 radical (unpaired) electrons. The maximum absolute atomic E-state index is 13.0. The molecule has 142 valence electrons. The van der Waals surface area contributed by atoms with Crippen LogP contribution >= 0.6 is 15.9 Å². The number of ether oxygens (including phenoxy) is 1. The number of rotatable bonds is 5. The third-order valence-electron chi connectivity index (χ3n) is 3.90. The number of nitrogens with one attached hydrogen (secondary N) is 2. The van der Waals surface area contributed by atoms with Crippen LogP contribution in [0.2, 0.25) is 0 Å². The highest BCUT2D eigenvalue weighted by Crippen LogP contribution is 2.26. The summed E-state index contributed by atoms with van der Waals surface area (Å²) in [4.78, 5) is 24.7. The molecule has 0 aromatic heterocycles. The van der Waals surface area contributed by atoms with Gasteiger partial charge in [-0.3, -0.25) is 9.59 Å². The number of methoxy groups -OCH3 is 1. The normalized spacial score (nSPS) is 10.2. The minimum Gasteiger partial charge on any atom is -0.496 e. The Bertz CT molecular complexity index is 1020. The third kappa shape index (κ3) is 4.75. The number of carbonyl (C=O) groups excluding carboxylic acids is 2. The van der Waals surface area contributed by atoms with Gasteiger partial charge in [-0.2, -0.15) is 0 Å². The minimum atomic E-state index is -0.411. The van der Waals surface area contributed by atoms with Crippen molar-refractivity contribution in [3.63, 3.8) is 0 Å². The molecule has 0 atom stereocenters. The molecule has 2 N–H and O–H groups in total. The first-order chi connectivity index (χ1) is 13.5. The van der Waals surface area contributed by atoms with Crippen molar-refractivity contribution in [2.45, 2.75) is 0 Å². The monoisotopic (exact) mass is 442 g/mol. The predicted octanol–water partition coefficient (Wildman–Crippen LogP) is 5.10. The van der Waals surface area contributed by atoms with Crippen LogP contribution in [0.15, 0.2) is 71.2 Å². The van der Waals surface area contributed by atoms with Gasteiger partial charge in [0.1, 0.15) is 11.6 Å². The van der Waals surface area contributed by atoms with Crippen LogP contribution in [0.1, 0.15) is 20.7 Å². The summed E-state index contributed by atoms with van der Waals surface area (Å²) in [7, 11) is 1.55. The molecule has 3 rings (SSSR count). The molecule has 0 saturated heterocycles. The number of amides is 2. The summed E-state index contributed by atoms with van der Waals surface area (Å²) in [5.41, 5.74) is 1.81. The molecule has 2 amide bonds. The van der Waals surface area contributed by atoms with Gasteiger partial charge in [0.25, 0.3) is 11.8 Å². The van der Waals surface area contributed by atoms with Crippen LogP contribution in [0, 0.1) is 5.82 Å². The van der Waals surface area contributed by atoms with E-state index in [1.165, 1.54) is 24.3 Å². The topological polar surface area (TPSA) is 67.4 Å². The van der Waals surface area contributed by atoms with Crippen molar-refractivity contribution in [1.29, 1.82) is 0 Å². The molecule has 0 aliphatic heterocycles. The molecule has 0 saturated carbocycles. The molecule has 0 aliphatic rings. The number of hydrogen-bond acceptors (Lipinski definition) is 3. The average Bonchev–Trinajstić information content (AvgIpc) is 2.68. The fourth-order valence-electron chi connectivity index (χ4n) is 2.49. The molecule has 3 aromatic rings. The number of anilines is 2. The molecular formula is C21H16BrFN2O3. The van der Waals surface area contributed by atoms with Gasteiger partial charge in [0, 0.05) is 22.5 Å². The minimum absolute atomic E-state index is 0.301. The summed E-state index contributed by atoms with van der Waals surface area (Å²) in [6.07, 6.45) is 0. The molecule has 0 heterocycles. The van der Waals surface area contributed by atoms with Crippen molar-refractivity contribution in [3.8, 4) is 5.75 Å². The highest BCUT2D eigenvalue weighted by Gasteiger charge is 2.11. The molecule has 0 unspecified atom stereocenters. The van der Waals surface area contributed by atoms with Crippen LogP contribution in [0.5, 0.6) is 5.75 Å². The van der Waals surface area contributed by atoms with Gasteiger partial charge in [0.2, 0.25) is 0 Å². The van der Waals surface area contributed by atoms with E-state index in [2.05, 4.69) is 26.6 Å². The second-order valence-electron chi connectivity index (χ2n) is 5.85.